The number of anilines is 1. The Bertz CT molecular complexity index is 1340. The molecule has 0 radical (unpaired) electrons. The summed E-state index contributed by atoms with van der Waals surface area (Å²) in [6, 6.07) is 26.6. The molecule has 6 heteroatoms. The van der Waals surface area contributed by atoms with E-state index < -0.39 is 0 Å². The summed E-state index contributed by atoms with van der Waals surface area (Å²) in [5, 5.41) is 8.45. The summed E-state index contributed by atoms with van der Waals surface area (Å²) in [5.74, 6) is 1.05. The third kappa shape index (κ3) is 4.13. The lowest BCUT2D eigenvalue weighted by Gasteiger charge is -2.37. The van der Waals surface area contributed by atoms with Gasteiger partial charge in [0.1, 0.15) is 0 Å². The number of benzene rings is 3. The lowest BCUT2D eigenvalue weighted by Crippen LogP contribution is -2.46. The SMILES string of the molecule is CCc1ccc(-c2noc(C3=C(C)N(c4ccc(C)cc4)C(=S)NC3c3ccccc3)n2)cc1. The van der Waals surface area contributed by atoms with E-state index in [2.05, 4.69) is 79.8 Å². The van der Waals surface area contributed by atoms with Crippen molar-refractivity contribution in [3.05, 3.63) is 107 Å². The molecule has 170 valence electrons. The molecule has 1 aliphatic heterocycles. The average molecular weight is 467 g/mol. The number of aryl methyl sites for hydroxylation is 2. The zero-order valence-electron chi connectivity index (χ0n) is 19.4. The predicted molar refractivity (Wildman–Crippen MR) is 140 cm³/mol. The largest absolute Gasteiger partial charge is 0.351 e. The molecule has 0 aliphatic carbocycles. The van der Waals surface area contributed by atoms with E-state index in [9.17, 15) is 0 Å². The molecule has 4 aromatic rings. The summed E-state index contributed by atoms with van der Waals surface area (Å²) in [6.07, 6.45) is 0.989. The van der Waals surface area contributed by atoms with Crippen LogP contribution in [0.3, 0.4) is 0 Å². The van der Waals surface area contributed by atoms with Crippen molar-refractivity contribution in [1.29, 1.82) is 0 Å². The minimum atomic E-state index is -0.203. The molecule has 3 aromatic carbocycles. The van der Waals surface area contributed by atoms with Gasteiger partial charge in [-0.15, -0.1) is 0 Å². The Balaban J connectivity index is 1.62. The Morgan fingerprint density at radius 3 is 2.32 bits per heavy atom. The fraction of sp³-hybridized carbons (Fsp3) is 0.179. The first-order valence-electron chi connectivity index (χ1n) is 11.4. The highest BCUT2D eigenvalue weighted by Crippen LogP contribution is 2.39. The van der Waals surface area contributed by atoms with Crippen molar-refractivity contribution in [2.45, 2.75) is 33.2 Å². The third-order valence-corrected chi connectivity index (χ3v) is 6.49. The van der Waals surface area contributed by atoms with E-state index in [-0.39, 0.29) is 6.04 Å². The highest BCUT2D eigenvalue weighted by molar-refractivity contribution is 7.80. The van der Waals surface area contributed by atoms with Gasteiger partial charge in [-0.25, -0.2) is 0 Å². The average Bonchev–Trinajstić information content (AvgIpc) is 3.35. The second kappa shape index (κ2) is 9.23. The molecule has 34 heavy (non-hydrogen) atoms. The van der Waals surface area contributed by atoms with Gasteiger partial charge < -0.3 is 9.84 Å². The minimum absolute atomic E-state index is 0.203. The van der Waals surface area contributed by atoms with Crippen molar-refractivity contribution < 1.29 is 4.52 Å². The van der Waals surface area contributed by atoms with Gasteiger partial charge in [0.15, 0.2) is 5.11 Å². The third-order valence-electron chi connectivity index (χ3n) is 6.19. The van der Waals surface area contributed by atoms with E-state index in [0.29, 0.717) is 16.8 Å². The number of aromatic nitrogens is 2. The maximum Gasteiger partial charge on any atom is 0.258 e. The highest BCUT2D eigenvalue weighted by Gasteiger charge is 2.34. The van der Waals surface area contributed by atoms with Crippen molar-refractivity contribution >= 4 is 28.6 Å². The van der Waals surface area contributed by atoms with Crippen LogP contribution in [0.25, 0.3) is 17.0 Å². The Labute approximate surface area is 205 Å². The van der Waals surface area contributed by atoms with E-state index >= 15 is 0 Å². The summed E-state index contributed by atoms with van der Waals surface area (Å²) in [4.78, 5) is 6.84. The highest BCUT2D eigenvalue weighted by atomic mass is 32.1. The van der Waals surface area contributed by atoms with Crippen LogP contribution in [0, 0.1) is 6.92 Å². The molecule has 0 bridgehead atoms. The minimum Gasteiger partial charge on any atom is -0.351 e. The van der Waals surface area contributed by atoms with Gasteiger partial charge in [-0.05, 0) is 55.7 Å². The zero-order chi connectivity index (χ0) is 23.7. The van der Waals surface area contributed by atoms with Crippen LogP contribution in [0.4, 0.5) is 5.69 Å². The number of nitrogens with zero attached hydrogens (tertiary/aromatic N) is 3. The van der Waals surface area contributed by atoms with Gasteiger partial charge in [-0.3, -0.25) is 4.90 Å². The first kappa shape index (κ1) is 22.0. The first-order chi connectivity index (χ1) is 16.5. The zero-order valence-corrected chi connectivity index (χ0v) is 20.3. The molecule has 1 unspecified atom stereocenters. The summed E-state index contributed by atoms with van der Waals surface area (Å²) >= 11 is 5.82. The molecule has 2 heterocycles. The fourth-order valence-electron chi connectivity index (χ4n) is 4.26. The maximum absolute atomic E-state index is 5.85. The van der Waals surface area contributed by atoms with Gasteiger partial charge in [0.05, 0.1) is 11.6 Å². The van der Waals surface area contributed by atoms with Gasteiger partial charge >= 0.3 is 0 Å². The number of nitrogens with one attached hydrogen (secondary N) is 1. The molecular formula is C28H26N4OS. The molecule has 1 N–H and O–H groups in total. The van der Waals surface area contributed by atoms with Gasteiger partial charge in [0.25, 0.3) is 5.89 Å². The Hall–Kier alpha value is -3.77. The van der Waals surface area contributed by atoms with Crippen LogP contribution in [0.5, 0.6) is 0 Å². The standard InChI is InChI=1S/C28H26N4OS/c1-4-20-12-14-22(15-13-20)26-30-27(33-31-26)24-19(3)32(23-16-10-18(2)11-17-23)28(34)29-25(24)21-8-6-5-7-9-21/h5-17,25H,4H2,1-3H3,(H,29,34). The van der Waals surface area contributed by atoms with Crippen molar-refractivity contribution in [2.75, 3.05) is 4.90 Å². The lowest BCUT2D eigenvalue weighted by atomic mass is 9.94. The van der Waals surface area contributed by atoms with E-state index in [1.165, 1.54) is 11.1 Å². The number of allylic oxidation sites excluding steroid dienone is 1. The predicted octanol–water partition coefficient (Wildman–Crippen LogP) is 6.47. The summed E-state index contributed by atoms with van der Waals surface area (Å²) in [5.41, 5.74) is 7.32. The van der Waals surface area contributed by atoms with Crippen molar-refractivity contribution in [1.82, 2.24) is 15.5 Å². The molecule has 5 nitrogen and oxygen atoms in total. The second-order valence-electron chi connectivity index (χ2n) is 8.44. The number of thiocarbonyl (C=S) groups is 1. The van der Waals surface area contributed by atoms with Gasteiger partial charge in [0, 0.05) is 16.9 Å². The molecule has 1 aliphatic rings. The molecule has 1 aromatic heterocycles. The Morgan fingerprint density at radius 1 is 0.941 bits per heavy atom. The van der Waals surface area contributed by atoms with E-state index in [1.807, 2.05) is 35.2 Å². The van der Waals surface area contributed by atoms with Crippen LogP contribution in [0.1, 0.15) is 42.5 Å². The van der Waals surface area contributed by atoms with Gasteiger partial charge in [0.2, 0.25) is 5.82 Å². The van der Waals surface area contributed by atoms with E-state index in [0.717, 1.165) is 34.5 Å². The van der Waals surface area contributed by atoms with Crippen molar-refractivity contribution in [2.24, 2.45) is 0 Å². The summed E-state index contributed by atoms with van der Waals surface area (Å²) in [7, 11) is 0. The number of hydrogen-bond donors (Lipinski definition) is 1. The van der Waals surface area contributed by atoms with Gasteiger partial charge in [-0.2, -0.15) is 4.98 Å². The molecule has 1 atom stereocenters. The van der Waals surface area contributed by atoms with Crippen LogP contribution in [0.2, 0.25) is 0 Å². The monoisotopic (exact) mass is 466 g/mol. The second-order valence-corrected chi connectivity index (χ2v) is 8.82. The van der Waals surface area contributed by atoms with Crippen LogP contribution >= 0.6 is 12.2 Å². The van der Waals surface area contributed by atoms with Gasteiger partial charge in [-0.1, -0.05) is 84.4 Å². The molecule has 0 saturated carbocycles. The van der Waals surface area contributed by atoms with Crippen molar-refractivity contribution in [3.63, 3.8) is 0 Å². The molecule has 0 saturated heterocycles. The van der Waals surface area contributed by atoms with E-state index in [1.54, 1.807) is 0 Å². The molecule has 0 fully saturated rings. The normalized spacial score (nSPS) is 16.0. The van der Waals surface area contributed by atoms with Crippen LogP contribution < -0.4 is 10.2 Å². The maximum atomic E-state index is 5.85. The first-order valence-corrected chi connectivity index (χ1v) is 11.8. The molecule has 0 spiro atoms. The summed E-state index contributed by atoms with van der Waals surface area (Å²) in [6.45, 7) is 6.27. The van der Waals surface area contributed by atoms with E-state index in [4.69, 9.17) is 21.7 Å². The number of hydrogen-bond acceptors (Lipinski definition) is 4. The van der Waals surface area contributed by atoms with Crippen molar-refractivity contribution in [3.8, 4) is 11.4 Å². The van der Waals surface area contributed by atoms with Crippen LogP contribution in [0.15, 0.2) is 89.1 Å². The lowest BCUT2D eigenvalue weighted by molar-refractivity contribution is 0.404. The Kier molecular flexibility index (Phi) is 5.99. The fourth-order valence-corrected chi connectivity index (χ4v) is 4.62. The quantitative estimate of drug-likeness (QED) is 0.340. The van der Waals surface area contributed by atoms with Crippen LogP contribution in [-0.4, -0.2) is 15.3 Å². The summed E-state index contributed by atoms with van der Waals surface area (Å²) < 4.78 is 5.85. The van der Waals surface area contributed by atoms with Crippen LogP contribution in [-0.2, 0) is 6.42 Å². The molecule has 0 amide bonds. The molecule has 5 rings (SSSR count). The topological polar surface area (TPSA) is 54.2 Å². The number of rotatable bonds is 5. The molecular weight excluding hydrogens is 440 g/mol. The smallest absolute Gasteiger partial charge is 0.258 e. The Morgan fingerprint density at radius 2 is 1.65 bits per heavy atom.